The Balaban J connectivity index is 4.01. The first-order valence-electron chi connectivity index (χ1n) is 6.11. The summed E-state index contributed by atoms with van der Waals surface area (Å²) in [5.74, 6) is 1.27. The van der Waals surface area contributed by atoms with E-state index in [9.17, 15) is 4.79 Å². The van der Waals surface area contributed by atoms with E-state index < -0.39 is 0 Å². The Morgan fingerprint density at radius 1 is 1.20 bits per heavy atom. The Hall–Kier alpha value is -0.370. The zero-order valence-electron chi connectivity index (χ0n) is 11.2. The molecule has 0 radical (unpaired) electrons. The molecule has 0 aromatic carbocycles. The van der Waals surface area contributed by atoms with Gasteiger partial charge in [0.05, 0.1) is 6.54 Å². The predicted octanol–water partition coefficient (Wildman–Crippen LogP) is 2.97. The Labute approximate surface area is 95.0 Å². The van der Waals surface area contributed by atoms with Crippen LogP contribution in [0.2, 0.25) is 0 Å². The normalized spacial score (nSPS) is 15.7. The largest absolute Gasteiger partial charge is 0.298 e. The van der Waals surface area contributed by atoms with E-state index in [2.05, 4.69) is 32.6 Å². The van der Waals surface area contributed by atoms with E-state index in [1.807, 2.05) is 14.0 Å². The van der Waals surface area contributed by atoms with Crippen LogP contribution < -0.4 is 0 Å². The van der Waals surface area contributed by atoms with E-state index in [1.54, 1.807) is 0 Å². The third-order valence-electron chi connectivity index (χ3n) is 3.13. The van der Waals surface area contributed by atoms with Gasteiger partial charge in [-0.15, -0.1) is 0 Å². The first-order chi connectivity index (χ1) is 6.88. The van der Waals surface area contributed by atoms with Gasteiger partial charge in [0, 0.05) is 12.0 Å². The molecule has 0 spiro atoms. The molecule has 2 nitrogen and oxygen atoms in total. The molecule has 0 amide bonds. The summed E-state index contributed by atoms with van der Waals surface area (Å²) in [5, 5.41) is 0. The van der Waals surface area contributed by atoms with Crippen LogP contribution in [0.25, 0.3) is 0 Å². The monoisotopic (exact) mass is 213 g/mol. The lowest BCUT2D eigenvalue weighted by molar-refractivity contribution is -0.123. The summed E-state index contributed by atoms with van der Waals surface area (Å²) in [6.07, 6.45) is 2.11. The Kier molecular flexibility index (Phi) is 6.82. The highest BCUT2D eigenvalue weighted by Crippen LogP contribution is 2.11. The van der Waals surface area contributed by atoms with Gasteiger partial charge in [0.15, 0.2) is 0 Å². The van der Waals surface area contributed by atoms with Gasteiger partial charge < -0.3 is 0 Å². The Morgan fingerprint density at radius 3 is 2.13 bits per heavy atom. The van der Waals surface area contributed by atoms with E-state index >= 15 is 0 Å². The minimum Gasteiger partial charge on any atom is -0.298 e. The van der Waals surface area contributed by atoms with Gasteiger partial charge in [-0.05, 0) is 32.7 Å². The first-order valence-corrected chi connectivity index (χ1v) is 6.11. The number of carbonyl (C=O) groups is 1. The number of rotatable bonds is 7. The summed E-state index contributed by atoms with van der Waals surface area (Å²) >= 11 is 0. The van der Waals surface area contributed by atoms with Gasteiger partial charge in [-0.25, -0.2) is 0 Å². The average molecular weight is 213 g/mol. The smallest absolute Gasteiger partial charge is 0.149 e. The summed E-state index contributed by atoms with van der Waals surface area (Å²) in [5.41, 5.74) is 0. The van der Waals surface area contributed by atoms with Crippen LogP contribution in [-0.2, 0) is 4.79 Å². The lowest BCUT2D eigenvalue weighted by Gasteiger charge is -2.26. The number of hydrogen-bond donors (Lipinski definition) is 0. The molecule has 0 saturated carbocycles. The second-order valence-electron chi connectivity index (χ2n) is 5.17. The molecule has 90 valence electrons. The molecule has 15 heavy (non-hydrogen) atoms. The van der Waals surface area contributed by atoms with Crippen molar-refractivity contribution in [2.24, 2.45) is 11.8 Å². The third kappa shape index (κ3) is 5.93. The van der Waals surface area contributed by atoms with E-state index in [1.165, 1.54) is 0 Å². The van der Waals surface area contributed by atoms with Crippen molar-refractivity contribution >= 4 is 5.78 Å². The van der Waals surface area contributed by atoms with Crippen LogP contribution in [0.1, 0.15) is 47.5 Å². The number of Topliss-reactive ketones (excluding diaryl/α,β-unsaturated/α-hetero) is 1. The molecule has 0 aliphatic rings. The van der Waals surface area contributed by atoms with Crippen molar-refractivity contribution in [3.63, 3.8) is 0 Å². The quantitative estimate of drug-likeness (QED) is 0.648. The zero-order valence-corrected chi connectivity index (χ0v) is 11.2. The Morgan fingerprint density at radius 2 is 1.73 bits per heavy atom. The van der Waals surface area contributed by atoms with Crippen molar-refractivity contribution in [2.45, 2.75) is 53.5 Å². The second-order valence-corrected chi connectivity index (χ2v) is 5.17. The molecular formula is C13H27NO. The molecule has 2 atom stereocenters. The highest BCUT2D eigenvalue weighted by molar-refractivity contribution is 5.82. The third-order valence-corrected chi connectivity index (χ3v) is 3.13. The SMILES string of the molecule is CCC(C)C(=O)CN(C)C(C)CC(C)C. The van der Waals surface area contributed by atoms with Crippen molar-refractivity contribution in [1.29, 1.82) is 0 Å². The van der Waals surface area contributed by atoms with Crippen LogP contribution in [-0.4, -0.2) is 30.3 Å². The molecule has 0 heterocycles. The van der Waals surface area contributed by atoms with E-state index in [4.69, 9.17) is 0 Å². The fraction of sp³-hybridized carbons (Fsp3) is 0.923. The predicted molar refractivity (Wildman–Crippen MR) is 66.0 cm³/mol. The number of likely N-dealkylation sites (N-methyl/N-ethyl adjacent to an activating group) is 1. The maximum absolute atomic E-state index is 11.7. The minimum atomic E-state index is 0.207. The Bertz CT molecular complexity index is 189. The molecule has 0 rings (SSSR count). The van der Waals surface area contributed by atoms with Crippen LogP contribution >= 0.6 is 0 Å². The van der Waals surface area contributed by atoms with Crippen molar-refractivity contribution in [1.82, 2.24) is 4.90 Å². The van der Waals surface area contributed by atoms with Crippen LogP contribution in [0.5, 0.6) is 0 Å². The molecule has 0 N–H and O–H groups in total. The molecular weight excluding hydrogens is 186 g/mol. The summed E-state index contributed by atoms with van der Waals surface area (Å²) in [6.45, 7) is 11.3. The topological polar surface area (TPSA) is 20.3 Å². The molecule has 2 heteroatoms. The zero-order chi connectivity index (χ0) is 12.0. The molecule has 0 aromatic rings. The maximum atomic E-state index is 11.7. The van der Waals surface area contributed by atoms with Gasteiger partial charge in [0.2, 0.25) is 0 Å². The van der Waals surface area contributed by atoms with Gasteiger partial charge in [0.1, 0.15) is 5.78 Å². The van der Waals surface area contributed by atoms with Crippen LogP contribution in [0.3, 0.4) is 0 Å². The van der Waals surface area contributed by atoms with Gasteiger partial charge in [-0.3, -0.25) is 9.69 Å². The van der Waals surface area contributed by atoms with E-state index in [0.717, 1.165) is 12.8 Å². The van der Waals surface area contributed by atoms with Crippen molar-refractivity contribution in [3.05, 3.63) is 0 Å². The summed E-state index contributed by atoms with van der Waals surface area (Å²) in [6, 6.07) is 0.498. The first kappa shape index (κ1) is 14.6. The minimum absolute atomic E-state index is 0.207. The van der Waals surface area contributed by atoms with Gasteiger partial charge in [0.25, 0.3) is 0 Å². The van der Waals surface area contributed by atoms with Crippen molar-refractivity contribution < 1.29 is 4.79 Å². The number of nitrogens with zero attached hydrogens (tertiary/aromatic N) is 1. The number of hydrogen-bond acceptors (Lipinski definition) is 2. The second kappa shape index (κ2) is 7.00. The summed E-state index contributed by atoms with van der Waals surface area (Å²) in [4.78, 5) is 13.9. The van der Waals surface area contributed by atoms with Crippen LogP contribution in [0, 0.1) is 11.8 Å². The fourth-order valence-corrected chi connectivity index (χ4v) is 1.65. The number of ketones is 1. The molecule has 0 aromatic heterocycles. The lowest BCUT2D eigenvalue weighted by atomic mass is 10.0. The molecule has 0 aliphatic heterocycles. The van der Waals surface area contributed by atoms with Gasteiger partial charge >= 0.3 is 0 Å². The van der Waals surface area contributed by atoms with Crippen molar-refractivity contribution in [3.8, 4) is 0 Å². The average Bonchev–Trinajstić information content (AvgIpc) is 2.15. The van der Waals surface area contributed by atoms with Crippen LogP contribution in [0.4, 0.5) is 0 Å². The van der Waals surface area contributed by atoms with Gasteiger partial charge in [-0.1, -0.05) is 27.7 Å². The number of carbonyl (C=O) groups excluding carboxylic acids is 1. The van der Waals surface area contributed by atoms with Crippen LogP contribution in [0.15, 0.2) is 0 Å². The van der Waals surface area contributed by atoms with E-state index in [0.29, 0.717) is 24.3 Å². The molecule has 0 bridgehead atoms. The molecule has 2 unspecified atom stereocenters. The maximum Gasteiger partial charge on any atom is 0.149 e. The summed E-state index contributed by atoms with van der Waals surface area (Å²) in [7, 11) is 2.05. The highest BCUT2D eigenvalue weighted by atomic mass is 16.1. The lowest BCUT2D eigenvalue weighted by Crippen LogP contribution is -2.36. The molecule has 0 fully saturated rings. The van der Waals surface area contributed by atoms with E-state index in [-0.39, 0.29) is 5.92 Å². The fourth-order valence-electron chi connectivity index (χ4n) is 1.65. The summed E-state index contributed by atoms with van der Waals surface area (Å²) < 4.78 is 0. The standard InChI is InChI=1S/C13H27NO/c1-7-11(4)13(15)9-14(6)12(5)8-10(2)3/h10-12H,7-9H2,1-6H3. The molecule has 0 saturated heterocycles. The van der Waals surface area contributed by atoms with Crippen molar-refractivity contribution in [2.75, 3.05) is 13.6 Å². The van der Waals surface area contributed by atoms with Gasteiger partial charge in [-0.2, -0.15) is 0 Å². The molecule has 0 aliphatic carbocycles. The highest BCUT2D eigenvalue weighted by Gasteiger charge is 2.17.